The van der Waals surface area contributed by atoms with Crippen molar-refractivity contribution in [3.8, 4) is 10.4 Å². The van der Waals surface area contributed by atoms with Gasteiger partial charge in [0.2, 0.25) is 10.0 Å². The van der Waals surface area contributed by atoms with Gasteiger partial charge in [-0.25, -0.2) is 21.2 Å². The number of halogens is 1. The maximum atomic E-state index is 14.5. The van der Waals surface area contributed by atoms with E-state index in [0.717, 1.165) is 11.1 Å². The molecule has 0 fully saturated rings. The average molecular weight is 526 g/mol. The van der Waals surface area contributed by atoms with Crippen LogP contribution in [0.2, 0.25) is 0 Å². The smallest absolute Gasteiger partial charge is 0.218 e. The van der Waals surface area contributed by atoms with E-state index in [2.05, 4.69) is 0 Å². The van der Waals surface area contributed by atoms with Gasteiger partial charge in [0.15, 0.2) is 9.84 Å². The summed E-state index contributed by atoms with van der Waals surface area (Å²) in [4.78, 5) is 1.10. The minimum absolute atomic E-state index is 0.107. The Morgan fingerprint density at radius 3 is 2.29 bits per heavy atom. The number of hydrogen-bond donors (Lipinski definition) is 1. The SMILES string of the molecule is CC(C)CN(Cc1ccc(-c2cc(F)c(CO)c(S(C)(=O)=O)c2)s1)S(=O)(=O)Cc1ccccc1. The fraction of sp³-hybridized carbons (Fsp3) is 0.333. The van der Waals surface area contributed by atoms with Gasteiger partial charge in [0.05, 0.1) is 17.3 Å². The molecule has 3 rings (SSSR count). The fourth-order valence-corrected chi connectivity index (χ4v) is 7.29. The summed E-state index contributed by atoms with van der Waals surface area (Å²) in [6.45, 7) is 3.68. The molecular weight excluding hydrogens is 497 g/mol. The molecule has 2 aromatic carbocycles. The van der Waals surface area contributed by atoms with Gasteiger partial charge in [-0.2, -0.15) is 4.31 Å². The summed E-state index contributed by atoms with van der Waals surface area (Å²) in [5.41, 5.74) is 0.794. The third-order valence-electron chi connectivity index (χ3n) is 5.14. The van der Waals surface area contributed by atoms with Crippen LogP contribution in [0, 0.1) is 11.7 Å². The van der Waals surface area contributed by atoms with Crippen LogP contribution in [0.15, 0.2) is 59.5 Å². The van der Waals surface area contributed by atoms with E-state index in [4.69, 9.17) is 0 Å². The summed E-state index contributed by atoms with van der Waals surface area (Å²) in [5.74, 6) is -0.797. The van der Waals surface area contributed by atoms with Gasteiger partial charge >= 0.3 is 0 Å². The summed E-state index contributed by atoms with van der Waals surface area (Å²) >= 11 is 1.28. The third kappa shape index (κ3) is 6.51. The molecule has 0 amide bonds. The second-order valence-corrected chi connectivity index (χ2v) is 13.7. The van der Waals surface area contributed by atoms with E-state index in [1.807, 2.05) is 19.9 Å². The molecule has 0 saturated carbocycles. The van der Waals surface area contributed by atoms with Crippen LogP contribution in [-0.2, 0) is 38.8 Å². The first kappa shape index (κ1) is 26.5. The quantitative estimate of drug-likeness (QED) is 0.423. The molecule has 34 heavy (non-hydrogen) atoms. The molecule has 0 aliphatic carbocycles. The van der Waals surface area contributed by atoms with Gasteiger partial charge in [-0.3, -0.25) is 0 Å². The van der Waals surface area contributed by atoms with E-state index in [9.17, 15) is 26.3 Å². The van der Waals surface area contributed by atoms with E-state index in [-0.39, 0.29) is 28.7 Å². The number of sulfonamides is 1. The van der Waals surface area contributed by atoms with Crippen molar-refractivity contribution in [2.24, 2.45) is 5.92 Å². The molecule has 0 aliphatic rings. The Morgan fingerprint density at radius 2 is 1.71 bits per heavy atom. The average Bonchev–Trinajstić information content (AvgIpc) is 3.21. The van der Waals surface area contributed by atoms with Crippen LogP contribution in [0.1, 0.15) is 29.9 Å². The Morgan fingerprint density at radius 1 is 1.03 bits per heavy atom. The molecule has 1 aromatic heterocycles. The van der Waals surface area contributed by atoms with Gasteiger partial charge < -0.3 is 5.11 Å². The van der Waals surface area contributed by atoms with E-state index in [1.165, 1.54) is 27.8 Å². The summed E-state index contributed by atoms with van der Waals surface area (Å²) in [6, 6.07) is 15.0. The Balaban J connectivity index is 1.92. The monoisotopic (exact) mass is 525 g/mol. The third-order valence-corrected chi connectivity index (χ3v) is 9.19. The summed E-state index contributed by atoms with van der Waals surface area (Å²) in [6.07, 6.45) is 0.964. The fourth-order valence-electron chi connectivity index (χ4n) is 3.59. The number of aliphatic hydroxyl groups is 1. The minimum Gasteiger partial charge on any atom is -0.392 e. The lowest BCUT2D eigenvalue weighted by molar-refractivity contribution is 0.272. The zero-order chi connectivity index (χ0) is 25.1. The van der Waals surface area contributed by atoms with Gasteiger partial charge in [-0.15, -0.1) is 11.3 Å². The van der Waals surface area contributed by atoms with Crippen molar-refractivity contribution in [2.75, 3.05) is 12.8 Å². The number of nitrogens with zero attached hydrogens (tertiary/aromatic N) is 1. The van der Waals surface area contributed by atoms with Crippen molar-refractivity contribution < 1.29 is 26.3 Å². The molecule has 6 nitrogen and oxygen atoms in total. The highest BCUT2D eigenvalue weighted by molar-refractivity contribution is 7.90. The molecule has 0 bridgehead atoms. The van der Waals surface area contributed by atoms with Crippen LogP contribution in [0.5, 0.6) is 0 Å². The summed E-state index contributed by atoms with van der Waals surface area (Å²) in [5, 5.41) is 9.42. The first-order valence-corrected chi connectivity index (χ1v) is 15.0. The lowest BCUT2D eigenvalue weighted by atomic mass is 10.1. The molecule has 10 heteroatoms. The van der Waals surface area contributed by atoms with Gasteiger partial charge in [0.25, 0.3) is 0 Å². The van der Waals surface area contributed by atoms with Gasteiger partial charge in [0, 0.05) is 34.7 Å². The van der Waals surface area contributed by atoms with Crippen molar-refractivity contribution in [1.29, 1.82) is 0 Å². The Kier molecular flexibility index (Phi) is 8.30. The van der Waals surface area contributed by atoms with Crippen molar-refractivity contribution in [3.05, 3.63) is 76.4 Å². The molecule has 0 aliphatic heterocycles. The molecule has 0 radical (unpaired) electrons. The Bertz CT molecular complexity index is 1350. The van der Waals surface area contributed by atoms with E-state index in [0.29, 0.717) is 22.5 Å². The predicted molar refractivity (Wildman–Crippen MR) is 133 cm³/mol. The standard InChI is InChI=1S/C24H28FNO5S3/c1-17(2)13-26(34(30,31)16-18-7-5-4-6-8-18)14-20-9-10-23(32-20)19-11-22(25)21(15-27)24(12-19)33(3,28)29/h4-12,17,27H,13-16H2,1-3H3. The second-order valence-electron chi connectivity index (χ2n) is 8.56. The van der Waals surface area contributed by atoms with Crippen LogP contribution in [-0.4, -0.2) is 39.0 Å². The maximum Gasteiger partial charge on any atom is 0.218 e. The highest BCUT2D eigenvalue weighted by Gasteiger charge is 2.25. The summed E-state index contributed by atoms with van der Waals surface area (Å²) in [7, 11) is -7.35. The van der Waals surface area contributed by atoms with E-state index >= 15 is 0 Å². The molecular formula is C24H28FNO5S3. The molecule has 3 aromatic rings. The Hall–Kier alpha value is -2.11. The number of rotatable bonds is 10. The molecule has 0 spiro atoms. The van der Waals surface area contributed by atoms with Crippen LogP contribution >= 0.6 is 11.3 Å². The highest BCUT2D eigenvalue weighted by atomic mass is 32.2. The predicted octanol–water partition coefficient (Wildman–Crippen LogP) is 4.44. The van der Waals surface area contributed by atoms with Crippen LogP contribution < -0.4 is 0 Å². The lowest BCUT2D eigenvalue weighted by Gasteiger charge is -2.23. The number of thiophene rings is 1. The number of aliphatic hydroxyl groups excluding tert-OH is 1. The first-order valence-electron chi connectivity index (χ1n) is 10.6. The molecule has 184 valence electrons. The number of hydrogen-bond acceptors (Lipinski definition) is 6. The number of benzene rings is 2. The molecule has 1 N–H and O–H groups in total. The maximum absolute atomic E-state index is 14.5. The second kappa shape index (κ2) is 10.7. The summed E-state index contributed by atoms with van der Waals surface area (Å²) < 4.78 is 66.6. The largest absolute Gasteiger partial charge is 0.392 e. The molecule has 1 heterocycles. The first-order chi connectivity index (χ1) is 15.9. The van der Waals surface area contributed by atoms with Crippen molar-refractivity contribution >= 4 is 31.2 Å². The van der Waals surface area contributed by atoms with Crippen LogP contribution in [0.4, 0.5) is 4.39 Å². The number of sulfone groups is 1. The normalized spacial score (nSPS) is 12.6. The lowest BCUT2D eigenvalue weighted by Crippen LogP contribution is -2.34. The van der Waals surface area contributed by atoms with Crippen LogP contribution in [0.25, 0.3) is 10.4 Å². The minimum atomic E-state index is -3.76. The van der Waals surface area contributed by atoms with Gasteiger partial charge in [-0.05, 0) is 41.3 Å². The molecule has 0 unspecified atom stereocenters. The topological polar surface area (TPSA) is 91.8 Å². The zero-order valence-electron chi connectivity index (χ0n) is 19.2. The molecule has 0 saturated heterocycles. The Labute approximate surface area is 204 Å². The van der Waals surface area contributed by atoms with Crippen molar-refractivity contribution in [3.63, 3.8) is 0 Å². The highest BCUT2D eigenvalue weighted by Crippen LogP contribution is 2.33. The van der Waals surface area contributed by atoms with E-state index in [1.54, 1.807) is 36.4 Å². The molecule has 0 atom stereocenters. The van der Waals surface area contributed by atoms with Gasteiger partial charge in [-0.1, -0.05) is 44.2 Å². The zero-order valence-corrected chi connectivity index (χ0v) is 21.7. The van der Waals surface area contributed by atoms with Gasteiger partial charge in [0.1, 0.15) is 5.82 Å². The van der Waals surface area contributed by atoms with Crippen molar-refractivity contribution in [2.45, 2.75) is 37.6 Å². The van der Waals surface area contributed by atoms with Crippen LogP contribution in [0.3, 0.4) is 0 Å². The van der Waals surface area contributed by atoms with Crippen molar-refractivity contribution in [1.82, 2.24) is 4.31 Å². The van der Waals surface area contributed by atoms with E-state index < -0.39 is 32.3 Å².